The van der Waals surface area contributed by atoms with Gasteiger partial charge in [-0.2, -0.15) is 0 Å². The van der Waals surface area contributed by atoms with Crippen molar-refractivity contribution >= 4 is 17.6 Å². The van der Waals surface area contributed by atoms with Gasteiger partial charge in [0.15, 0.2) is 17.6 Å². The number of aliphatic hydroxyl groups is 1. The summed E-state index contributed by atoms with van der Waals surface area (Å²) in [5.74, 6) is -0.597. The lowest BCUT2D eigenvalue weighted by Gasteiger charge is -2.18. The number of carboxylic acids is 1. The largest absolute Gasteiger partial charge is 0.491 e. The van der Waals surface area contributed by atoms with Crippen LogP contribution in [0.3, 0.4) is 0 Å². The maximum absolute atomic E-state index is 10.9. The van der Waals surface area contributed by atoms with Crippen molar-refractivity contribution < 1.29 is 24.5 Å². The minimum Gasteiger partial charge on any atom is -0.491 e. The van der Waals surface area contributed by atoms with Crippen LogP contribution in [0.1, 0.15) is 37.4 Å². The highest BCUT2D eigenvalue weighted by Gasteiger charge is 2.23. The van der Waals surface area contributed by atoms with E-state index in [9.17, 15) is 9.90 Å². The van der Waals surface area contributed by atoms with Crippen LogP contribution < -0.4 is 9.47 Å². The molecule has 1 fully saturated rings. The van der Waals surface area contributed by atoms with Crippen LogP contribution in [-0.4, -0.2) is 29.4 Å². The maximum Gasteiger partial charge on any atom is 0.337 e. The highest BCUT2D eigenvalue weighted by Crippen LogP contribution is 2.39. The summed E-state index contributed by atoms with van der Waals surface area (Å²) in [5.41, 5.74) is 0.177. The second-order valence-electron chi connectivity index (χ2n) is 4.80. The summed E-state index contributed by atoms with van der Waals surface area (Å²) in [6.45, 7) is 0. The Bertz CT molecular complexity index is 497. The zero-order valence-electron chi connectivity index (χ0n) is 11.1. The summed E-state index contributed by atoms with van der Waals surface area (Å²) in [6.07, 6.45) is 2.57. The smallest absolute Gasteiger partial charge is 0.337 e. The number of aliphatic hydroxyl groups excluding tert-OH is 1. The van der Waals surface area contributed by atoms with Crippen LogP contribution in [0.2, 0.25) is 5.02 Å². The Morgan fingerprint density at radius 1 is 1.40 bits per heavy atom. The number of carboxylic acid groups (broad SMARTS) is 1. The van der Waals surface area contributed by atoms with Gasteiger partial charge in [-0.1, -0.05) is 11.6 Å². The van der Waals surface area contributed by atoms with Crippen molar-refractivity contribution in [3.63, 3.8) is 0 Å². The molecule has 0 amide bonds. The molecule has 1 aliphatic rings. The van der Waals surface area contributed by atoms with E-state index in [2.05, 4.69) is 0 Å². The molecular formula is C14H17ClO5. The molecule has 20 heavy (non-hydrogen) atoms. The lowest BCUT2D eigenvalue weighted by atomic mass is 10.1. The second-order valence-corrected chi connectivity index (χ2v) is 5.21. The molecule has 6 heteroatoms. The number of ether oxygens (including phenoxy) is 2. The fourth-order valence-electron chi connectivity index (χ4n) is 2.36. The van der Waals surface area contributed by atoms with Crippen molar-refractivity contribution in [2.24, 2.45) is 0 Å². The Kier molecular flexibility index (Phi) is 4.73. The summed E-state index contributed by atoms with van der Waals surface area (Å²) < 4.78 is 11.0. The molecule has 0 aliphatic heterocycles. The monoisotopic (exact) mass is 300 g/mol. The molecule has 0 spiro atoms. The minimum absolute atomic E-state index is 0.0807. The van der Waals surface area contributed by atoms with E-state index in [1.807, 2.05) is 0 Å². The van der Waals surface area contributed by atoms with Gasteiger partial charge in [0, 0.05) is 0 Å². The van der Waals surface area contributed by atoms with Gasteiger partial charge in [-0.15, -0.1) is 0 Å². The van der Waals surface area contributed by atoms with Gasteiger partial charge >= 0.3 is 5.97 Å². The quantitative estimate of drug-likeness (QED) is 0.874. The Balaban J connectivity index is 2.33. The molecule has 1 saturated carbocycles. The van der Waals surface area contributed by atoms with E-state index < -0.39 is 12.1 Å². The number of benzene rings is 1. The third kappa shape index (κ3) is 3.16. The number of hydrogen-bond acceptors (Lipinski definition) is 4. The molecule has 110 valence electrons. The van der Waals surface area contributed by atoms with Gasteiger partial charge in [0.1, 0.15) is 0 Å². The van der Waals surface area contributed by atoms with Crippen LogP contribution in [0.15, 0.2) is 12.1 Å². The fraction of sp³-hybridized carbons (Fsp3) is 0.500. The van der Waals surface area contributed by atoms with E-state index in [1.165, 1.54) is 19.2 Å². The van der Waals surface area contributed by atoms with Crippen LogP contribution in [0.4, 0.5) is 0 Å². The molecule has 1 unspecified atom stereocenters. The van der Waals surface area contributed by atoms with Gasteiger partial charge in [0.25, 0.3) is 0 Å². The SMILES string of the molecule is COc1c(Cl)cc(C(O)C(=O)O)cc1OC1CCCC1. The minimum atomic E-state index is -1.63. The third-order valence-corrected chi connectivity index (χ3v) is 3.66. The summed E-state index contributed by atoms with van der Waals surface area (Å²) in [7, 11) is 1.47. The average Bonchev–Trinajstić information content (AvgIpc) is 2.90. The highest BCUT2D eigenvalue weighted by molar-refractivity contribution is 6.32. The first kappa shape index (κ1) is 14.9. The Hall–Kier alpha value is -1.46. The summed E-state index contributed by atoms with van der Waals surface area (Å²) in [6, 6.07) is 2.85. The average molecular weight is 301 g/mol. The standard InChI is InChI=1S/C14H17ClO5/c1-19-13-10(15)6-8(12(16)14(17)18)7-11(13)20-9-4-2-3-5-9/h6-7,9,12,16H,2-5H2,1H3,(H,17,18). The van der Waals surface area contributed by atoms with Gasteiger partial charge in [0.05, 0.1) is 18.2 Å². The highest BCUT2D eigenvalue weighted by atomic mass is 35.5. The molecule has 1 aromatic rings. The van der Waals surface area contributed by atoms with Crippen molar-refractivity contribution in [2.75, 3.05) is 7.11 Å². The van der Waals surface area contributed by atoms with Crippen LogP contribution in [0, 0.1) is 0 Å². The van der Waals surface area contributed by atoms with Crippen LogP contribution in [0.25, 0.3) is 0 Å². The molecule has 0 heterocycles. The Labute approximate surface area is 122 Å². The molecule has 2 N–H and O–H groups in total. The molecule has 5 nitrogen and oxygen atoms in total. The Morgan fingerprint density at radius 2 is 2.05 bits per heavy atom. The van der Waals surface area contributed by atoms with Crippen LogP contribution >= 0.6 is 11.6 Å². The number of halogens is 1. The van der Waals surface area contributed by atoms with E-state index >= 15 is 0 Å². The van der Waals surface area contributed by atoms with E-state index in [1.54, 1.807) is 0 Å². The number of rotatable bonds is 5. The zero-order chi connectivity index (χ0) is 14.7. The number of carbonyl (C=O) groups is 1. The normalized spacial score (nSPS) is 16.9. The second kappa shape index (κ2) is 6.33. The van der Waals surface area contributed by atoms with Crippen molar-refractivity contribution in [2.45, 2.75) is 37.9 Å². The lowest BCUT2D eigenvalue weighted by Crippen LogP contribution is -2.14. The molecule has 2 rings (SSSR count). The number of aliphatic carboxylic acids is 1. The van der Waals surface area contributed by atoms with E-state index in [0.29, 0.717) is 11.5 Å². The molecule has 0 saturated heterocycles. The molecule has 1 aliphatic carbocycles. The summed E-state index contributed by atoms with van der Waals surface area (Å²) >= 11 is 6.06. The van der Waals surface area contributed by atoms with Crippen molar-refractivity contribution in [1.29, 1.82) is 0 Å². The third-order valence-electron chi connectivity index (χ3n) is 3.38. The first-order chi connectivity index (χ1) is 9.52. The lowest BCUT2D eigenvalue weighted by molar-refractivity contribution is -0.146. The number of hydrogen-bond donors (Lipinski definition) is 2. The first-order valence-corrected chi connectivity index (χ1v) is 6.85. The maximum atomic E-state index is 10.9. The van der Waals surface area contributed by atoms with E-state index in [-0.39, 0.29) is 16.7 Å². The van der Waals surface area contributed by atoms with Crippen molar-refractivity contribution in [3.05, 3.63) is 22.7 Å². The van der Waals surface area contributed by atoms with Crippen LogP contribution in [0.5, 0.6) is 11.5 Å². The Morgan fingerprint density at radius 3 is 2.60 bits per heavy atom. The van der Waals surface area contributed by atoms with Gasteiger partial charge < -0.3 is 19.7 Å². The fourth-order valence-corrected chi connectivity index (χ4v) is 2.66. The molecular weight excluding hydrogens is 284 g/mol. The van der Waals surface area contributed by atoms with Crippen LogP contribution in [-0.2, 0) is 4.79 Å². The van der Waals surface area contributed by atoms with E-state index in [4.69, 9.17) is 26.2 Å². The predicted octanol–water partition coefficient (Wildman–Crippen LogP) is 2.79. The summed E-state index contributed by atoms with van der Waals surface area (Å²) in [4.78, 5) is 10.9. The van der Waals surface area contributed by atoms with Crippen molar-refractivity contribution in [3.8, 4) is 11.5 Å². The topological polar surface area (TPSA) is 76.0 Å². The summed E-state index contributed by atoms with van der Waals surface area (Å²) in [5, 5.41) is 18.7. The molecule has 1 aromatic carbocycles. The molecule has 1 atom stereocenters. The molecule has 0 aromatic heterocycles. The zero-order valence-corrected chi connectivity index (χ0v) is 11.9. The molecule has 0 radical (unpaired) electrons. The van der Waals surface area contributed by atoms with Gasteiger partial charge in [-0.05, 0) is 43.4 Å². The van der Waals surface area contributed by atoms with Gasteiger partial charge in [-0.25, -0.2) is 4.79 Å². The number of methoxy groups -OCH3 is 1. The molecule has 0 bridgehead atoms. The van der Waals surface area contributed by atoms with Gasteiger partial charge in [-0.3, -0.25) is 0 Å². The van der Waals surface area contributed by atoms with Crippen molar-refractivity contribution in [1.82, 2.24) is 0 Å². The first-order valence-electron chi connectivity index (χ1n) is 6.48. The van der Waals surface area contributed by atoms with E-state index in [0.717, 1.165) is 25.7 Å². The predicted molar refractivity (Wildman–Crippen MR) is 73.5 cm³/mol. The van der Waals surface area contributed by atoms with Gasteiger partial charge in [0.2, 0.25) is 0 Å².